The first-order valence-electron chi connectivity index (χ1n) is 7.74. The highest BCUT2D eigenvalue weighted by atomic mass is 19.4. The Morgan fingerprint density at radius 3 is 2.73 bits per heavy atom. The molecule has 0 aliphatic carbocycles. The second-order valence-corrected chi connectivity index (χ2v) is 5.95. The smallest absolute Gasteiger partial charge is 0.451 e. The maximum Gasteiger partial charge on any atom is 0.451 e. The molecule has 0 saturated heterocycles. The van der Waals surface area contributed by atoms with Crippen LogP contribution in [0.1, 0.15) is 17.3 Å². The van der Waals surface area contributed by atoms with E-state index in [2.05, 4.69) is 10.2 Å². The highest BCUT2D eigenvalue weighted by molar-refractivity contribution is 5.77. The van der Waals surface area contributed by atoms with Crippen LogP contribution in [-0.4, -0.2) is 43.3 Å². The number of hydrogen-bond acceptors (Lipinski definition) is 5. The van der Waals surface area contributed by atoms with Gasteiger partial charge in [-0.1, -0.05) is 0 Å². The molecule has 8 nitrogen and oxygen atoms in total. The molecule has 140 valence electrons. The second-order valence-electron chi connectivity index (χ2n) is 5.95. The van der Waals surface area contributed by atoms with Crippen molar-refractivity contribution in [2.45, 2.75) is 26.2 Å². The second kappa shape index (κ2) is 6.46. The van der Waals surface area contributed by atoms with Crippen molar-refractivity contribution in [3.05, 3.63) is 39.8 Å². The molecule has 1 aliphatic rings. The number of pyridine rings is 1. The Kier molecular flexibility index (Phi) is 4.46. The number of ether oxygens (including phenoxy) is 1. The highest BCUT2D eigenvalue weighted by Gasteiger charge is 2.39. The van der Waals surface area contributed by atoms with Crippen LogP contribution in [0.15, 0.2) is 17.1 Å². The lowest BCUT2D eigenvalue weighted by Crippen LogP contribution is -2.41. The number of rotatable bonds is 3. The fourth-order valence-electron chi connectivity index (χ4n) is 2.62. The number of nitrogens with zero attached hydrogens (tertiary/aromatic N) is 5. The Bertz CT molecular complexity index is 903. The molecule has 3 heterocycles. The minimum absolute atomic E-state index is 0.0333. The summed E-state index contributed by atoms with van der Waals surface area (Å²) in [5, 5.41) is 6.68. The zero-order valence-electron chi connectivity index (χ0n) is 14.1. The SMILES string of the molecule is Cc1cc(=O)c(OCC(=O)N2CCn3c(nnc3C(F)(F)F)C2)cn1C. The van der Waals surface area contributed by atoms with Crippen molar-refractivity contribution in [2.75, 3.05) is 13.2 Å². The minimum Gasteiger partial charge on any atom is -0.478 e. The first-order valence-corrected chi connectivity index (χ1v) is 7.74. The molecule has 0 atom stereocenters. The number of halogens is 3. The van der Waals surface area contributed by atoms with Gasteiger partial charge in [0, 0.05) is 38.1 Å². The van der Waals surface area contributed by atoms with Gasteiger partial charge in [0.1, 0.15) is 0 Å². The first kappa shape index (κ1) is 18.0. The van der Waals surface area contributed by atoms with Crippen molar-refractivity contribution in [3.63, 3.8) is 0 Å². The summed E-state index contributed by atoms with van der Waals surface area (Å²) in [5.74, 6) is -1.43. The summed E-state index contributed by atoms with van der Waals surface area (Å²) in [6.45, 7) is 1.28. The molecule has 0 spiro atoms. The van der Waals surface area contributed by atoms with Gasteiger partial charge in [-0.15, -0.1) is 10.2 Å². The topological polar surface area (TPSA) is 82.2 Å². The van der Waals surface area contributed by atoms with Gasteiger partial charge >= 0.3 is 6.18 Å². The number of carbonyl (C=O) groups excluding carboxylic acids is 1. The standard InChI is InChI=1S/C15H16F3N5O3/c1-9-5-10(24)11(6-21(9)2)26-8-13(25)22-3-4-23-12(7-22)19-20-14(23)15(16,17)18/h5-6H,3-4,7-8H2,1-2H3. The molecule has 0 N–H and O–H groups in total. The van der Waals surface area contributed by atoms with Crippen LogP contribution in [-0.2, 0) is 31.1 Å². The lowest BCUT2D eigenvalue weighted by molar-refractivity contribution is -0.148. The lowest BCUT2D eigenvalue weighted by Gasteiger charge is -2.28. The Labute approximate surface area is 145 Å². The molecule has 0 saturated carbocycles. The molecule has 1 amide bonds. The Balaban J connectivity index is 1.66. The van der Waals surface area contributed by atoms with Gasteiger partial charge < -0.3 is 18.8 Å². The molecule has 2 aromatic heterocycles. The lowest BCUT2D eigenvalue weighted by atomic mass is 10.3. The van der Waals surface area contributed by atoms with E-state index in [0.29, 0.717) is 0 Å². The summed E-state index contributed by atoms with van der Waals surface area (Å²) in [6.07, 6.45) is -3.11. The van der Waals surface area contributed by atoms with Crippen LogP contribution in [0.5, 0.6) is 5.75 Å². The Hall–Kier alpha value is -2.85. The van der Waals surface area contributed by atoms with Gasteiger partial charge in [-0.2, -0.15) is 13.2 Å². The zero-order valence-corrected chi connectivity index (χ0v) is 14.1. The van der Waals surface area contributed by atoms with E-state index in [-0.39, 0.29) is 36.6 Å². The number of amides is 1. The van der Waals surface area contributed by atoms with E-state index in [9.17, 15) is 22.8 Å². The van der Waals surface area contributed by atoms with Crippen molar-refractivity contribution in [2.24, 2.45) is 7.05 Å². The van der Waals surface area contributed by atoms with Crippen LogP contribution >= 0.6 is 0 Å². The molecule has 11 heteroatoms. The predicted molar refractivity (Wildman–Crippen MR) is 82.4 cm³/mol. The van der Waals surface area contributed by atoms with Crippen LogP contribution in [0.3, 0.4) is 0 Å². The van der Waals surface area contributed by atoms with Crippen molar-refractivity contribution in [1.82, 2.24) is 24.2 Å². The molecular formula is C15H16F3N5O3. The van der Waals surface area contributed by atoms with E-state index in [1.165, 1.54) is 17.2 Å². The van der Waals surface area contributed by atoms with Crippen LogP contribution < -0.4 is 10.2 Å². The summed E-state index contributed by atoms with van der Waals surface area (Å²) >= 11 is 0. The van der Waals surface area contributed by atoms with E-state index in [1.807, 2.05) is 0 Å². The van der Waals surface area contributed by atoms with Crippen molar-refractivity contribution < 1.29 is 22.7 Å². The number of fused-ring (bicyclic) bond motifs is 1. The first-order chi connectivity index (χ1) is 12.2. The average Bonchev–Trinajstić information content (AvgIpc) is 3.00. The molecule has 3 rings (SSSR count). The molecule has 1 aliphatic heterocycles. The maximum atomic E-state index is 12.8. The Morgan fingerprint density at radius 2 is 2.04 bits per heavy atom. The largest absolute Gasteiger partial charge is 0.478 e. The zero-order chi connectivity index (χ0) is 19.1. The number of alkyl halides is 3. The third kappa shape index (κ3) is 3.41. The van der Waals surface area contributed by atoms with E-state index in [1.54, 1.807) is 18.5 Å². The van der Waals surface area contributed by atoms with Gasteiger partial charge in [0.05, 0.1) is 6.54 Å². The molecule has 2 aromatic rings. The summed E-state index contributed by atoms with van der Waals surface area (Å²) in [6, 6.07) is 1.39. The monoisotopic (exact) mass is 371 g/mol. The van der Waals surface area contributed by atoms with Gasteiger partial charge in [0.25, 0.3) is 5.91 Å². The number of aromatic nitrogens is 4. The van der Waals surface area contributed by atoms with Crippen molar-refractivity contribution in [1.29, 1.82) is 0 Å². The van der Waals surface area contributed by atoms with Gasteiger partial charge in [-0.05, 0) is 6.92 Å². The van der Waals surface area contributed by atoms with Gasteiger partial charge in [-0.3, -0.25) is 9.59 Å². The third-order valence-electron chi connectivity index (χ3n) is 4.16. The molecule has 0 bridgehead atoms. The summed E-state index contributed by atoms with van der Waals surface area (Å²) in [4.78, 5) is 25.4. The van der Waals surface area contributed by atoms with Gasteiger partial charge in [0.15, 0.2) is 18.2 Å². The van der Waals surface area contributed by atoms with Crippen molar-refractivity contribution >= 4 is 5.91 Å². The molecular weight excluding hydrogens is 355 g/mol. The highest BCUT2D eigenvalue weighted by Crippen LogP contribution is 2.29. The van der Waals surface area contributed by atoms with E-state index in [0.717, 1.165) is 10.3 Å². The van der Waals surface area contributed by atoms with Gasteiger partial charge in [-0.25, -0.2) is 0 Å². The van der Waals surface area contributed by atoms with Gasteiger partial charge in [0.2, 0.25) is 11.3 Å². The fourth-order valence-corrected chi connectivity index (χ4v) is 2.62. The fraction of sp³-hybridized carbons (Fsp3) is 0.467. The summed E-state index contributed by atoms with van der Waals surface area (Å²) in [7, 11) is 1.74. The molecule has 0 unspecified atom stereocenters. The third-order valence-corrected chi connectivity index (χ3v) is 4.16. The quantitative estimate of drug-likeness (QED) is 0.794. The van der Waals surface area contributed by atoms with Crippen LogP contribution in [0, 0.1) is 6.92 Å². The van der Waals surface area contributed by atoms with E-state index in [4.69, 9.17) is 4.74 Å². The molecule has 26 heavy (non-hydrogen) atoms. The summed E-state index contributed by atoms with van der Waals surface area (Å²) < 4.78 is 46.4. The Morgan fingerprint density at radius 1 is 1.31 bits per heavy atom. The van der Waals surface area contributed by atoms with Crippen molar-refractivity contribution in [3.8, 4) is 5.75 Å². The number of hydrogen-bond donors (Lipinski definition) is 0. The van der Waals surface area contributed by atoms with E-state index >= 15 is 0 Å². The minimum atomic E-state index is -4.59. The molecule has 0 fully saturated rings. The maximum absolute atomic E-state index is 12.8. The van der Waals surface area contributed by atoms with E-state index < -0.39 is 24.5 Å². The van der Waals surface area contributed by atoms with Crippen LogP contribution in [0.2, 0.25) is 0 Å². The van der Waals surface area contributed by atoms with Crippen LogP contribution in [0.4, 0.5) is 13.2 Å². The molecule has 0 aromatic carbocycles. The number of carbonyl (C=O) groups is 1. The predicted octanol–water partition coefficient (Wildman–Crippen LogP) is 0.725. The normalized spacial score (nSPS) is 14.3. The average molecular weight is 371 g/mol. The number of aryl methyl sites for hydroxylation is 2. The molecule has 0 radical (unpaired) electrons. The van der Waals surface area contributed by atoms with Crippen LogP contribution in [0.25, 0.3) is 0 Å². The summed E-state index contributed by atoms with van der Waals surface area (Å²) in [5.41, 5.74) is 0.395.